The Bertz CT molecular complexity index is 661. The second-order valence-corrected chi connectivity index (χ2v) is 6.30. The summed E-state index contributed by atoms with van der Waals surface area (Å²) in [6.45, 7) is 10.8. The van der Waals surface area contributed by atoms with Crippen molar-refractivity contribution < 1.29 is 0 Å². The summed E-state index contributed by atoms with van der Waals surface area (Å²) >= 11 is 0. The number of aryl methyl sites for hydroxylation is 3. The van der Waals surface area contributed by atoms with Crippen LogP contribution >= 0.6 is 0 Å². The third-order valence-corrected chi connectivity index (χ3v) is 4.48. The van der Waals surface area contributed by atoms with Gasteiger partial charge in [0.25, 0.3) is 0 Å². The Labute approximate surface area is 127 Å². The minimum Gasteiger partial charge on any atom is -0.381 e. The third-order valence-electron chi connectivity index (χ3n) is 4.48. The summed E-state index contributed by atoms with van der Waals surface area (Å²) < 4.78 is 0. The maximum atomic E-state index is 3.57. The number of hydrogen-bond acceptors (Lipinski definition) is 2. The van der Waals surface area contributed by atoms with E-state index in [1.807, 2.05) is 0 Å². The zero-order chi connectivity index (χ0) is 15.0. The summed E-state index contributed by atoms with van der Waals surface area (Å²) in [6.07, 6.45) is 0. The van der Waals surface area contributed by atoms with Crippen molar-refractivity contribution in [2.45, 2.75) is 40.3 Å². The van der Waals surface area contributed by atoms with E-state index < -0.39 is 0 Å². The first-order valence-corrected chi connectivity index (χ1v) is 7.72. The second-order valence-electron chi connectivity index (χ2n) is 6.30. The van der Waals surface area contributed by atoms with Gasteiger partial charge in [0.2, 0.25) is 0 Å². The quantitative estimate of drug-likeness (QED) is 0.875. The number of fused-ring (bicyclic) bond motifs is 1. The smallest absolute Gasteiger partial charge is 0.0610 e. The van der Waals surface area contributed by atoms with Crippen LogP contribution < -0.4 is 10.2 Å². The highest BCUT2D eigenvalue weighted by atomic mass is 15.2. The monoisotopic (exact) mass is 280 g/mol. The van der Waals surface area contributed by atoms with Crippen LogP contribution in [0, 0.1) is 20.8 Å². The highest BCUT2D eigenvalue weighted by Crippen LogP contribution is 2.35. The van der Waals surface area contributed by atoms with Crippen molar-refractivity contribution in [3.63, 3.8) is 0 Å². The van der Waals surface area contributed by atoms with Gasteiger partial charge in [-0.3, -0.25) is 0 Å². The molecule has 2 aromatic carbocycles. The first-order valence-electron chi connectivity index (χ1n) is 7.72. The predicted octanol–water partition coefficient (Wildman–Crippen LogP) is 4.43. The van der Waals surface area contributed by atoms with Gasteiger partial charge in [0.15, 0.2) is 0 Å². The highest BCUT2D eigenvalue weighted by molar-refractivity contribution is 5.74. The number of nitrogens with one attached hydrogen (secondary N) is 1. The average molecular weight is 280 g/mol. The number of anilines is 2. The van der Waals surface area contributed by atoms with Crippen molar-refractivity contribution in [1.82, 2.24) is 0 Å². The van der Waals surface area contributed by atoms with E-state index >= 15 is 0 Å². The van der Waals surface area contributed by atoms with Crippen molar-refractivity contribution >= 4 is 11.4 Å². The maximum absolute atomic E-state index is 3.57. The van der Waals surface area contributed by atoms with Gasteiger partial charge in [-0.05, 0) is 56.5 Å². The average Bonchev–Trinajstić information content (AvgIpc) is 2.44. The van der Waals surface area contributed by atoms with Gasteiger partial charge in [0, 0.05) is 19.1 Å². The molecule has 0 radical (unpaired) electrons. The molecule has 2 heteroatoms. The van der Waals surface area contributed by atoms with Gasteiger partial charge in [-0.15, -0.1) is 0 Å². The molecule has 3 rings (SSSR count). The lowest BCUT2D eigenvalue weighted by molar-refractivity contribution is 0.640. The SMILES string of the molecule is Cc1cccc(CN2c3cc(C)c(C)cc3NCC2C)c1. The van der Waals surface area contributed by atoms with Gasteiger partial charge in [-0.2, -0.15) is 0 Å². The molecule has 1 aliphatic heterocycles. The molecule has 1 heterocycles. The molecule has 0 saturated heterocycles. The Kier molecular flexibility index (Phi) is 3.62. The molecule has 0 aromatic heterocycles. The standard InChI is InChI=1S/C19H24N2/c1-13-6-5-7-17(8-13)12-21-16(4)11-20-18-9-14(2)15(3)10-19(18)21/h5-10,16,20H,11-12H2,1-4H3. The molecule has 0 bridgehead atoms. The maximum Gasteiger partial charge on any atom is 0.0610 e. The molecule has 110 valence electrons. The van der Waals surface area contributed by atoms with Crippen molar-refractivity contribution in [1.29, 1.82) is 0 Å². The van der Waals surface area contributed by atoms with Crippen LogP contribution in [0.4, 0.5) is 11.4 Å². The molecule has 21 heavy (non-hydrogen) atoms. The van der Waals surface area contributed by atoms with Gasteiger partial charge in [-0.1, -0.05) is 29.8 Å². The summed E-state index contributed by atoms with van der Waals surface area (Å²) in [5.74, 6) is 0. The number of benzene rings is 2. The fourth-order valence-corrected chi connectivity index (χ4v) is 3.03. The van der Waals surface area contributed by atoms with E-state index in [4.69, 9.17) is 0 Å². The van der Waals surface area contributed by atoms with Crippen molar-refractivity contribution in [3.05, 3.63) is 58.7 Å². The van der Waals surface area contributed by atoms with E-state index in [0.717, 1.165) is 13.1 Å². The predicted molar refractivity (Wildman–Crippen MR) is 91.2 cm³/mol. The zero-order valence-electron chi connectivity index (χ0n) is 13.4. The fourth-order valence-electron chi connectivity index (χ4n) is 3.03. The molecule has 0 saturated carbocycles. The number of nitrogens with zero attached hydrogens (tertiary/aromatic N) is 1. The largest absolute Gasteiger partial charge is 0.381 e. The molecule has 1 aliphatic rings. The summed E-state index contributed by atoms with van der Waals surface area (Å²) in [5, 5.41) is 3.57. The lowest BCUT2D eigenvalue weighted by atomic mass is 10.0. The zero-order valence-corrected chi connectivity index (χ0v) is 13.4. The van der Waals surface area contributed by atoms with Gasteiger partial charge in [0.05, 0.1) is 11.4 Å². The van der Waals surface area contributed by atoms with Crippen LogP contribution in [-0.4, -0.2) is 12.6 Å². The Balaban J connectivity index is 1.97. The van der Waals surface area contributed by atoms with Crippen molar-refractivity contribution in [2.24, 2.45) is 0 Å². The molecule has 1 atom stereocenters. The van der Waals surface area contributed by atoms with Crippen LogP contribution in [-0.2, 0) is 6.54 Å². The Morgan fingerprint density at radius 2 is 1.86 bits per heavy atom. The lowest BCUT2D eigenvalue weighted by Crippen LogP contribution is -2.41. The second kappa shape index (κ2) is 5.44. The first-order chi connectivity index (χ1) is 10.0. The van der Waals surface area contributed by atoms with Crippen LogP contribution in [0.1, 0.15) is 29.2 Å². The summed E-state index contributed by atoms with van der Waals surface area (Å²) in [5.41, 5.74) is 8.02. The topological polar surface area (TPSA) is 15.3 Å². The molecular formula is C19H24N2. The van der Waals surface area contributed by atoms with Crippen LogP contribution in [0.15, 0.2) is 36.4 Å². The van der Waals surface area contributed by atoms with E-state index in [0.29, 0.717) is 6.04 Å². The molecule has 0 spiro atoms. The normalized spacial score (nSPS) is 17.3. The minimum atomic E-state index is 0.500. The Morgan fingerprint density at radius 3 is 2.62 bits per heavy atom. The molecule has 0 amide bonds. The molecule has 1 N–H and O–H groups in total. The number of rotatable bonds is 2. The van der Waals surface area contributed by atoms with Crippen molar-refractivity contribution in [3.8, 4) is 0 Å². The third kappa shape index (κ3) is 2.76. The Morgan fingerprint density at radius 1 is 1.10 bits per heavy atom. The van der Waals surface area contributed by atoms with Crippen LogP contribution in [0.3, 0.4) is 0 Å². The lowest BCUT2D eigenvalue weighted by Gasteiger charge is -2.38. The van der Waals surface area contributed by atoms with E-state index in [1.54, 1.807) is 0 Å². The van der Waals surface area contributed by atoms with E-state index in [-0.39, 0.29) is 0 Å². The van der Waals surface area contributed by atoms with Gasteiger partial charge < -0.3 is 10.2 Å². The number of hydrogen-bond donors (Lipinski definition) is 1. The molecule has 0 fully saturated rings. The van der Waals surface area contributed by atoms with Gasteiger partial charge >= 0.3 is 0 Å². The molecule has 1 unspecified atom stereocenters. The first kappa shape index (κ1) is 14.0. The van der Waals surface area contributed by atoms with Crippen LogP contribution in [0.5, 0.6) is 0 Å². The molecular weight excluding hydrogens is 256 g/mol. The van der Waals surface area contributed by atoms with Crippen LogP contribution in [0.25, 0.3) is 0 Å². The summed E-state index contributed by atoms with van der Waals surface area (Å²) in [4.78, 5) is 2.52. The molecule has 0 aliphatic carbocycles. The van der Waals surface area contributed by atoms with E-state index in [2.05, 4.69) is 74.3 Å². The van der Waals surface area contributed by atoms with Gasteiger partial charge in [0.1, 0.15) is 0 Å². The Hall–Kier alpha value is -1.96. The van der Waals surface area contributed by atoms with E-state index in [1.165, 1.54) is 33.6 Å². The van der Waals surface area contributed by atoms with Crippen molar-refractivity contribution in [2.75, 3.05) is 16.8 Å². The molecule has 2 nitrogen and oxygen atoms in total. The summed E-state index contributed by atoms with van der Waals surface area (Å²) in [7, 11) is 0. The molecule has 2 aromatic rings. The minimum absolute atomic E-state index is 0.500. The van der Waals surface area contributed by atoms with Crippen LogP contribution in [0.2, 0.25) is 0 Å². The summed E-state index contributed by atoms with van der Waals surface area (Å²) in [6, 6.07) is 13.9. The van der Waals surface area contributed by atoms with E-state index in [9.17, 15) is 0 Å². The van der Waals surface area contributed by atoms with Gasteiger partial charge in [-0.25, -0.2) is 0 Å². The highest BCUT2D eigenvalue weighted by Gasteiger charge is 2.23. The fraction of sp³-hybridized carbons (Fsp3) is 0.368.